The second-order valence-electron chi connectivity index (χ2n) is 13.3. The van der Waals surface area contributed by atoms with Gasteiger partial charge in [0.1, 0.15) is 0 Å². The molecule has 2 N–H and O–H groups in total. The summed E-state index contributed by atoms with van der Waals surface area (Å²) in [4.78, 5) is 0. The fraction of sp³-hybridized carbons (Fsp3) is 0.931. The van der Waals surface area contributed by atoms with Crippen molar-refractivity contribution in [3.05, 3.63) is 12.7 Å². The number of rotatable bonds is 1. The number of hydrogen-bond acceptors (Lipinski definition) is 2. The molecular weight excluding hydrogens is 380 g/mol. The molecule has 31 heavy (non-hydrogen) atoms. The van der Waals surface area contributed by atoms with E-state index in [9.17, 15) is 10.2 Å². The van der Waals surface area contributed by atoms with E-state index in [1.165, 1.54) is 64.2 Å². The van der Waals surface area contributed by atoms with Crippen LogP contribution in [0.3, 0.4) is 0 Å². The molecule has 5 rings (SSSR count). The molecule has 0 aliphatic heterocycles. The van der Waals surface area contributed by atoms with Crippen molar-refractivity contribution < 1.29 is 10.2 Å². The Morgan fingerprint density at radius 1 is 0.806 bits per heavy atom. The summed E-state index contributed by atoms with van der Waals surface area (Å²) in [6.45, 7) is 15.7. The fourth-order valence-electron chi connectivity index (χ4n) is 10.6. The molecule has 5 aliphatic rings. The Bertz CT molecular complexity index is 670. The van der Waals surface area contributed by atoms with Crippen LogP contribution in [0.1, 0.15) is 105 Å². The van der Waals surface area contributed by atoms with Crippen LogP contribution in [0.5, 0.6) is 0 Å². The minimum absolute atomic E-state index is 0.0647. The number of aliphatic hydroxyl groups excluding tert-OH is 2. The molecule has 0 radical (unpaired) electrons. The predicted molar refractivity (Wildman–Crippen MR) is 130 cm³/mol. The van der Waals surface area contributed by atoms with E-state index < -0.39 is 0 Å². The second kappa shape index (κ2) is 8.15. The normalized spacial score (nSPS) is 52.5. The SMILES string of the molecule is C=CC.CC1(C)C(O)CCC2(C)C1CCC1(C)C3CCC4(CO)CCCC4C3CCC12. The number of aliphatic hydroxyl groups is 2. The van der Waals surface area contributed by atoms with Crippen LogP contribution in [-0.2, 0) is 0 Å². The number of allylic oxidation sites excluding steroid dienone is 1. The highest BCUT2D eigenvalue weighted by molar-refractivity contribution is 5.15. The summed E-state index contributed by atoms with van der Waals surface area (Å²) >= 11 is 0. The molecule has 0 amide bonds. The summed E-state index contributed by atoms with van der Waals surface area (Å²) in [5.74, 6) is 4.04. The summed E-state index contributed by atoms with van der Waals surface area (Å²) in [6, 6.07) is 0. The van der Waals surface area contributed by atoms with Gasteiger partial charge in [-0.3, -0.25) is 0 Å². The first-order valence-electron chi connectivity index (χ1n) is 13.5. The van der Waals surface area contributed by atoms with E-state index in [0.717, 1.165) is 30.1 Å². The topological polar surface area (TPSA) is 40.5 Å². The standard InChI is InChI=1S/C26H44O2.C3H6/c1-23(2)20-10-13-24(3)18-9-15-26(16-27)12-5-6-19(26)17(18)7-8-21(24)25(20,4)14-11-22(23)28;1-3-2/h17-22,27-28H,5-16H2,1-4H3;3H,1H2,2H3. The Morgan fingerprint density at radius 2 is 1.48 bits per heavy atom. The lowest BCUT2D eigenvalue weighted by Crippen LogP contribution is -2.63. The molecule has 5 fully saturated rings. The Kier molecular flexibility index (Phi) is 6.26. The van der Waals surface area contributed by atoms with E-state index in [4.69, 9.17) is 0 Å². The minimum atomic E-state index is -0.121. The maximum atomic E-state index is 10.8. The molecule has 0 aromatic rings. The first-order valence-corrected chi connectivity index (χ1v) is 13.5. The molecule has 0 aromatic carbocycles. The van der Waals surface area contributed by atoms with Gasteiger partial charge < -0.3 is 10.2 Å². The van der Waals surface area contributed by atoms with E-state index in [1.807, 2.05) is 6.92 Å². The zero-order chi connectivity index (χ0) is 22.7. The van der Waals surface area contributed by atoms with Crippen molar-refractivity contribution >= 4 is 0 Å². The third-order valence-electron chi connectivity index (χ3n) is 12.0. The highest BCUT2D eigenvalue weighted by atomic mass is 16.3. The van der Waals surface area contributed by atoms with Crippen molar-refractivity contribution in [3.63, 3.8) is 0 Å². The Hall–Kier alpha value is -0.340. The minimum Gasteiger partial charge on any atom is -0.396 e. The van der Waals surface area contributed by atoms with Gasteiger partial charge in [-0.05, 0) is 122 Å². The molecule has 0 saturated heterocycles. The van der Waals surface area contributed by atoms with Crippen LogP contribution in [0.4, 0.5) is 0 Å². The second-order valence-corrected chi connectivity index (χ2v) is 13.3. The molecule has 0 bridgehead atoms. The van der Waals surface area contributed by atoms with E-state index >= 15 is 0 Å². The molecule has 178 valence electrons. The van der Waals surface area contributed by atoms with Crippen LogP contribution in [0.15, 0.2) is 12.7 Å². The maximum absolute atomic E-state index is 10.8. The zero-order valence-electron chi connectivity index (χ0n) is 21.1. The Morgan fingerprint density at radius 3 is 2.16 bits per heavy atom. The first-order chi connectivity index (χ1) is 14.6. The van der Waals surface area contributed by atoms with Crippen LogP contribution in [0, 0.1) is 51.2 Å². The van der Waals surface area contributed by atoms with Gasteiger partial charge in [-0.2, -0.15) is 0 Å². The molecule has 2 heteroatoms. The molecular formula is C29H50O2. The molecule has 0 spiro atoms. The lowest BCUT2D eigenvalue weighted by Gasteiger charge is -2.69. The maximum Gasteiger partial charge on any atom is 0.0594 e. The van der Waals surface area contributed by atoms with Crippen LogP contribution in [0.2, 0.25) is 0 Å². The van der Waals surface area contributed by atoms with Gasteiger partial charge in [0.25, 0.3) is 0 Å². The lowest BCUT2D eigenvalue weighted by atomic mass is 9.36. The van der Waals surface area contributed by atoms with Crippen LogP contribution < -0.4 is 0 Å². The van der Waals surface area contributed by atoms with Gasteiger partial charge in [-0.25, -0.2) is 0 Å². The summed E-state index contributed by atoms with van der Waals surface area (Å²) in [6.07, 6.45) is 16.0. The summed E-state index contributed by atoms with van der Waals surface area (Å²) in [5.41, 5.74) is 1.23. The summed E-state index contributed by atoms with van der Waals surface area (Å²) < 4.78 is 0. The predicted octanol–water partition coefficient (Wildman–Crippen LogP) is 7.00. The third-order valence-corrected chi connectivity index (χ3v) is 12.0. The van der Waals surface area contributed by atoms with Gasteiger partial charge >= 0.3 is 0 Å². The third kappa shape index (κ3) is 3.32. The molecule has 2 nitrogen and oxygen atoms in total. The van der Waals surface area contributed by atoms with Crippen molar-refractivity contribution in [3.8, 4) is 0 Å². The van der Waals surface area contributed by atoms with Crippen molar-refractivity contribution in [2.45, 2.75) is 111 Å². The van der Waals surface area contributed by atoms with Crippen molar-refractivity contribution in [2.75, 3.05) is 6.61 Å². The highest BCUT2D eigenvalue weighted by Gasteiger charge is 2.66. The van der Waals surface area contributed by atoms with Gasteiger partial charge in [0.05, 0.1) is 6.10 Å². The summed E-state index contributed by atoms with van der Waals surface area (Å²) in [5, 5.41) is 21.1. The van der Waals surface area contributed by atoms with E-state index in [-0.39, 0.29) is 16.9 Å². The van der Waals surface area contributed by atoms with E-state index in [2.05, 4.69) is 34.3 Å². The van der Waals surface area contributed by atoms with Gasteiger partial charge in [0.15, 0.2) is 0 Å². The molecule has 0 aromatic heterocycles. The van der Waals surface area contributed by atoms with Gasteiger partial charge in [0, 0.05) is 6.61 Å². The highest BCUT2D eigenvalue weighted by Crippen LogP contribution is 2.72. The Labute approximate surface area is 192 Å². The average Bonchev–Trinajstić information content (AvgIpc) is 3.16. The van der Waals surface area contributed by atoms with Crippen molar-refractivity contribution in [2.24, 2.45) is 51.2 Å². The molecule has 5 saturated carbocycles. The quantitative estimate of drug-likeness (QED) is 0.440. The van der Waals surface area contributed by atoms with Crippen LogP contribution >= 0.6 is 0 Å². The molecule has 0 heterocycles. The molecule has 9 unspecified atom stereocenters. The summed E-state index contributed by atoms with van der Waals surface area (Å²) in [7, 11) is 0. The molecule has 9 atom stereocenters. The monoisotopic (exact) mass is 430 g/mol. The van der Waals surface area contributed by atoms with Crippen molar-refractivity contribution in [1.29, 1.82) is 0 Å². The Balaban J connectivity index is 0.000000730. The van der Waals surface area contributed by atoms with Gasteiger partial charge in [-0.1, -0.05) is 40.2 Å². The zero-order valence-corrected chi connectivity index (χ0v) is 21.1. The fourth-order valence-corrected chi connectivity index (χ4v) is 10.6. The van der Waals surface area contributed by atoms with Crippen LogP contribution in [-0.4, -0.2) is 22.9 Å². The number of hydrogen-bond donors (Lipinski definition) is 2. The molecule has 5 aliphatic carbocycles. The average molecular weight is 431 g/mol. The van der Waals surface area contributed by atoms with Gasteiger partial charge in [0.2, 0.25) is 0 Å². The first kappa shape index (κ1) is 23.8. The van der Waals surface area contributed by atoms with Gasteiger partial charge in [-0.15, -0.1) is 6.58 Å². The smallest absolute Gasteiger partial charge is 0.0594 e. The lowest BCUT2D eigenvalue weighted by molar-refractivity contribution is -0.216. The van der Waals surface area contributed by atoms with Crippen molar-refractivity contribution in [1.82, 2.24) is 0 Å². The van der Waals surface area contributed by atoms with E-state index in [0.29, 0.717) is 23.4 Å². The number of fused-ring (bicyclic) bond motifs is 7. The largest absolute Gasteiger partial charge is 0.396 e. The van der Waals surface area contributed by atoms with Crippen LogP contribution in [0.25, 0.3) is 0 Å². The van der Waals surface area contributed by atoms with E-state index in [1.54, 1.807) is 6.08 Å².